The molecule has 0 saturated carbocycles. The molecule has 0 spiro atoms. The average molecular weight is 200 g/mol. The maximum Gasteiger partial charge on any atom is 0.315 e. The molecular formula is C9H16N2O3. The molecule has 1 heterocycles. The highest BCUT2D eigenvalue weighted by Crippen LogP contribution is 2.04. The molecule has 0 aromatic rings. The summed E-state index contributed by atoms with van der Waals surface area (Å²) in [6.07, 6.45) is 1.91. The zero-order chi connectivity index (χ0) is 10.4. The van der Waals surface area contributed by atoms with Crippen LogP contribution in [0.3, 0.4) is 0 Å². The van der Waals surface area contributed by atoms with Crippen LogP contribution in [-0.2, 0) is 9.53 Å². The third kappa shape index (κ3) is 4.23. The molecule has 1 aliphatic rings. The van der Waals surface area contributed by atoms with Crippen LogP contribution in [0.15, 0.2) is 0 Å². The minimum absolute atomic E-state index is 0.0555. The Balaban J connectivity index is 2.15. The van der Waals surface area contributed by atoms with E-state index in [1.807, 2.05) is 0 Å². The molecule has 2 N–H and O–H groups in total. The van der Waals surface area contributed by atoms with Crippen LogP contribution in [0.2, 0.25) is 0 Å². The number of amides is 2. The van der Waals surface area contributed by atoms with Gasteiger partial charge in [-0.25, -0.2) is 4.79 Å². The van der Waals surface area contributed by atoms with Gasteiger partial charge in [0.15, 0.2) is 0 Å². The Labute approximate surface area is 83.2 Å². The van der Waals surface area contributed by atoms with Crippen molar-refractivity contribution < 1.29 is 14.3 Å². The summed E-state index contributed by atoms with van der Waals surface area (Å²) in [5.74, 6) is -0.0555. The summed E-state index contributed by atoms with van der Waals surface area (Å²) in [5.41, 5.74) is 0. The van der Waals surface area contributed by atoms with Crippen molar-refractivity contribution in [2.45, 2.75) is 25.8 Å². The van der Waals surface area contributed by atoms with Gasteiger partial charge in [0.05, 0.1) is 19.2 Å². The van der Waals surface area contributed by atoms with Crippen molar-refractivity contribution in [1.82, 2.24) is 10.6 Å². The highest BCUT2D eigenvalue weighted by molar-refractivity contribution is 5.83. The molecule has 80 valence electrons. The van der Waals surface area contributed by atoms with Crippen molar-refractivity contribution in [3.8, 4) is 0 Å². The zero-order valence-corrected chi connectivity index (χ0v) is 8.34. The molecule has 1 rings (SSSR count). The molecule has 0 aromatic carbocycles. The van der Waals surface area contributed by atoms with Crippen LogP contribution in [0.25, 0.3) is 0 Å². The van der Waals surface area contributed by atoms with E-state index in [4.69, 9.17) is 4.74 Å². The van der Waals surface area contributed by atoms with Gasteiger partial charge in [0, 0.05) is 6.61 Å². The lowest BCUT2D eigenvalue weighted by atomic mass is 10.1. The largest absolute Gasteiger partial charge is 0.379 e. The molecule has 1 saturated heterocycles. The Kier molecular flexibility index (Phi) is 4.39. The summed E-state index contributed by atoms with van der Waals surface area (Å²) in [5, 5.41) is 5.22. The first-order chi connectivity index (χ1) is 6.68. The highest BCUT2D eigenvalue weighted by Gasteiger charge is 2.15. The van der Waals surface area contributed by atoms with Gasteiger partial charge in [0.25, 0.3) is 0 Å². The molecule has 0 radical (unpaired) electrons. The van der Waals surface area contributed by atoms with Gasteiger partial charge in [-0.3, -0.25) is 4.79 Å². The number of Topliss-reactive ketones (excluding diaryl/α,β-unsaturated/α-hetero) is 1. The van der Waals surface area contributed by atoms with Gasteiger partial charge in [-0.15, -0.1) is 0 Å². The van der Waals surface area contributed by atoms with Crippen molar-refractivity contribution in [3.63, 3.8) is 0 Å². The fraction of sp³-hybridized carbons (Fsp3) is 0.778. The number of carbonyl (C=O) groups excluding carboxylic acids is 2. The lowest BCUT2D eigenvalue weighted by Crippen LogP contribution is -2.46. The zero-order valence-electron chi connectivity index (χ0n) is 8.34. The number of carbonyl (C=O) groups is 2. The van der Waals surface area contributed by atoms with Gasteiger partial charge in [0.2, 0.25) is 0 Å². The number of hydrogen-bond donors (Lipinski definition) is 2. The van der Waals surface area contributed by atoms with E-state index in [-0.39, 0.29) is 24.4 Å². The fourth-order valence-electron chi connectivity index (χ4n) is 1.30. The SMILES string of the molecule is CC(=O)CNC(=O)NC1CCCOC1. The van der Waals surface area contributed by atoms with Crippen LogP contribution in [0.1, 0.15) is 19.8 Å². The molecule has 2 amide bonds. The first kappa shape index (κ1) is 11.0. The number of ether oxygens (including phenoxy) is 1. The van der Waals surface area contributed by atoms with Crippen LogP contribution in [0.5, 0.6) is 0 Å². The molecule has 5 heteroatoms. The first-order valence-corrected chi connectivity index (χ1v) is 4.80. The summed E-state index contributed by atoms with van der Waals surface area (Å²) in [6, 6.07) is -0.216. The van der Waals surface area contributed by atoms with E-state index in [1.165, 1.54) is 6.92 Å². The molecule has 0 aromatic heterocycles. The quantitative estimate of drug-likeness (QED) is 0.676. The Morgan fingerprint density at radius 2 is 2.29 bits per heavy atom. The van der Waals surface area contributed by atoms with Gasteiger partial charge < -0.3 is 15.4 Å². The van der Waals surface area contributed by atoms with Crippen molar-refractivity contribution in [2.24, 2.45) is 0 Å². The van der Waals surface area contributed by atoms with Gasteiger partial charge in [-0.1, -0.05) is 0 Å². The molecule has 1 unspecified atom stereocenters. The van der Waals surface area contributed by atoms with E-state index in [9.17, 15) is 9.59 Å². The monoisotopic (exact) mass is 200 g/mol. The van der Waals surface area contributed by atoms with Gasteiger partial charge in [0.1, 0.15) is 5.78 Å². The van der Waals surface area contributed by atoms with Crippen LogP contribution in [0, 0.1) is 0 Å². The predicted octanol–water partition coefficient (Wildman–Crippen LogP) is 0.0536. The van der Waals surface area contributed by atoms with E-state index in [1.54, 1.807) is 0 Å². The number of urea groups is 1. The average Bonchev–Trinajstić information content (AvgIpc) is 2.16. The molecule has 14 heavy (non-hydrogen) atoms. The third-order valence-corrected chi connectivity index (χ3v) is 1.99. The number of nitrogens with one attached hydrogen (secondary N) is 2. The van der Waals surface area contributed by atoms with E-state index in [0.717, 1.165) is 19.4 Å². The van der Waals surface area contributed by atoms with Gasteiger partial charge in [-0.2, -0.15) is 0 Å². The van der Waals surface area contributed by atoms with E-state index in [0.29, 0.717) is 6.61 Å². The van der Waals surface area contributed by atoms with Gasteiger partial charge >= 0.3 is 6.03 Å². The second-order valence-electron chi connectivity index (χ2n) is 3.44. The minimum Gasteiger partial charge on any atom is -0.379 e. The number of hydrogen-bond acceptors (Lipinski definition) is 3. The predicted molar refractivity (Wildman–Crippen MR) is 51.1 cm³/mol. The Hall–Kier alpha value is -1.10. The second-order valence-corrected chi connectivity index (χ2v) is 3.44. The third-order valence-electron chi connectivity index (χ3n) is 1.99. The van der Waals surface area contributed by atoms with Crippen LogP contribution in [-0.4, -0.2) is 37.6 Å². The van der Waals surface area contributed by atoms with Crippen molar-refractivity contribution in [3.05, 3.63) is 0 Å². The number of rotatable bonds is 3. The second kappa shape index (κ2) is 5.59. The van der Waals surface area contributed by atoms with Crippen LogP contribution >= 0.6 is 0 Å². The summed E-state index contributed by atoms with van der Waals surface area (Å²) >= 11 is 0. The Morgan fingerprint density at radius 3 is 2.86 bits per heavy atom. The summed E-state index contributed by atoms with van der Waals surface area (Å²) in [7, 11) is 0. The highest BCUT2D eigenvalue weighted by atomic mass is 16.5. The summed E-state index contributed by atoms with van der Waals surface area (Å²) in [6.45, 7) is 2.85. The lowest BCUT2D eigenvalue weighted by Gasteiger charge is -2.23. The molecule has 1 aliphatic heterocycles. The molecule has 5 nitrogen and oxygen atoms in total. The standard InChI is InChI=1S/C9H16N2O3/c1-7(12)5-10-9(13)11-8-3-2-4-14-6-8/h8H,2-6H2,1H3,(H2,10,11,13). The molecule has 0 aliphatic carbocycles. The molecule has 1 fully saturated rings. The topological polar surface area (TPSA) is 67.4 Å². The van der Waals surface area contributed by atoms with Crippen molar-refractivity contribution in [1.29, 1.82) is 0 Å². The van der Waals surface area contributed by atoms with Gasteiger partial charge in [-0.05, 0) is 19.8 Å². The lowest BCUT2D eigenvalue weighted by molar-refractivity contribution is -0.116. The maximum absolute atomic E-state index is 11.2. The van der Waals surface area contributed by atoms with Crippen molar-refractivity contribution >= 4 is 11.8 Å². The molecule has 1 atom stereocenters. The van der Waals surface area contributed by atoms with E-state index >= 15 is 0 Å². The summed E-state index contributed by atoms with van der Waals surface area (Å²) in [4.78, 5) is 21.8. The van der Waals surface area contributed by atoms with E-state index in [2.05, 4.69) is 10.6 Å². The minimum atomic E-state index is -0.296. The smallest absolute Gasteiger partial charge is 0.315 e. The Bertz CT molecular complexity index is 212. The maximum atomic E-state index is 11.2. The van der Waals surface area contributed by atoms with E-state index < -0.39 is 0 Å². The normalized spacial score (nSPS) is 21.4. The van der Waals surface area contributed by atoms with Crippen molar-refractivity contribution in [2.75, 3.05) is 19.8 Å². The molecular weight excluding hydrogens is 184 g/mol. The number of ketones is 1. The Morgan fingerprint density at radius 1 is 1.50 bits per heavy atom. The van der Waals surface area contributed by atoms with Crippen LogP contribution < -0.4 is 10.6 Å². The fourth-order valence-corrected chi connectivity index (χ4v) is 1.30. The molecule has 0 bridgehead atoms. The van der Waals surface area contributed by atoms with Crippen LogP contribution in [0.4, 0.5) is 4.79 Å². The summed E-state index contributed by atoms with van der Waals surface area (Å²) < 4.78 is 5.20. The first-order valence-electron chi connectivity index (χ1n) is 4.80.